The van der Waals surface area contributed by atoms with Gasteiger partial charge in [0.25, 0.3) is 0 Å². The lowest BCUT2D eigenvalue weighted by molar-refractivity contribution is 0.0689. The molecule has 2 unspecified atom stereocenters. The van der Waals surface area contributed by atoms with Crippen molar-refractivity contribution in [2.75, 3.05) is 6.61 Å². The number of nitrogens with zero attached hydrogens (tertiary/aromatic N) is 1. The van der Waals surface area contributed by atoms with E-state index in [-0.39, 0.29) is 23.6 Å². The molecule has 0 spiro atoms. The Bertz CT molecular complexity index is 727. The van der Waals surface area contributed by atoms with Crippen LogP contribution in [0.2, 0.25) is 0 Å². The number of ketones is 1. The second-order valence-electron chi connectivity index (χ2n) is 5.37. The number of benzene rings is 1. The van der Waals surface area contributed by atoms with Crippen LogP contribution in [-0.4, -0.2) is 23.1 Å². The number of aromatic nitrogens is 1. The van der Waals surface area contributed by atoms with Crippen molar-refractivity contribution >= 4 is 16.9 Å². The molecule has 1 fully saturated rings. The number of hydrogen-bond donors (Lipinski definition) is 0. The predicted molar refractivity (Wildman–Crippen MR) is 78.6 cm³/mol. The first-order valence-electron chi connectivity index (χ1n) is 7.45. The van der Waals surface area contributed by atoms with Crippen LogP contribution in [-0.2, 0) is 11.3 Å². The standard InChI is InChI=1S/C16H19NO4/c1-3-13-11(7-8-20-13)15(18)10-5-6-12-14(9-10)21-16(19)17(12)4-2/h5-6,9,11,13H,3-4,7-8H2,1-2H3. The Kier molecular flexibility index (Phi) is 3.68. The van der Waals surface area contributed by atoms with Gasteiger partial charge in [0.1, 0.15) is 0 Å². The summed E-state index contributed by atoms with van der Waals surface area (Å²) in [5.74, 6) is -0.395. The van der Waals surface area contributed by atoms with E-state index < -0.39 is 0 Å². The Hall–Kier alpha value is -1.88. The van der Waals surface area contributed by atoms with Crippen LogP contribution in [0.15, 0.2) is 27.4 Å². The Morgan fingerprint density at radius 2 is 2.19 bits per heavy atom. The average Bonchev–Trinajstić information content (AvgIpc) is 3.08. The molecule has 5 nitrogen and oxygen atoms in total. The van der Waals surface area contributed by atoms with Crippen molar-refractivity contribution in [2.45, 2.75) is 39.3 Å². The van der Waals surface area contributed by atoms with E-state index >= 15 is 0 Å². The van der Waals surface area contributed by atoms with Crippen LogP contribution in [0, 0.1) is 5.92 Å². The number of aryl methyl sites for hydroxylation is 1. The number of rotatable bonds is 4. The van der Waals surface area contributed by atoms with Gasteiger partial charge in [0.2, 0.25) is 0 Å². The molecule has 1 aliphatic heterocycles. The summed E-state index contributed by atoms with van der Waals surface area (Å²) in [5.41, 5.74) is 1.79. The first-order chi connectivity index (χ1) is 10.2. The summed E-state index contributed by atoms with van der Waals surface area (Å²) < 4.78 is 12.4. The first kappa shape index (κ1) is 14.1. The number of fused-ring (bicyclic) bond motifs is 1. The maximum absolute atomic E-state index is 12.6. The lowest BCUT2D eigenvalue weighted by Gasteiger charge is -2.15. The molecule has 2 heterocycles. The van der Waals surface area contributed by atoms with Crippen molar-refractivity contribution in [1.82, 2.24) is 4.57 Å². The zero-order valence-corrected chi connectivity index (χ0v) is 12.3. The molecule has 112 valence electrons. The lowest BCUT2D eigenvalue weighted by atomic mass is 9.90. The molecule has 1 aromatic heterocycles. The van der Waals surface area contributed by atoms with Crippen molar-refractivity contribution in [3.63, 3.8) is 0 Å². The van der Waals surface area contributed by atoms with E-state index in [1.807, 2.05) is 13.8 Å². The summed E-state index contributed by atoms with van der Waals surface area (Å²) in [6, 6.07) is 5.24. The lowest BCUT2D eigenvalue weighted by Crippen LogP contribution is -2.23. The molecule has 1 saturated heterocycles. The van der Waals surface area contributed by atoms with Crippen molar-refractivity contribution < 1.29 is 13.9 Å². The summed E-state index contributed by atoms with van der Waals surface area (Å²) in [7, 11) is 0. The number of oxazole rings is 1. The van der Waals surface area contributed by atoms with Gasteiger partial charge in [0.05, 0.1) is 17.5 Å². The van der Waals surface area contributed by atoms with E-state index in [2.05, 4.69) is 0 Å². The molecule has 3 rings (SSSR count). The number of ether oxygens (including phenoxy) is 1. The van der Waals surface area contributed by atoms with Crippen LogP contribution < -0.4 is 5.76 Å². The molecule has 0 saturated carbocycles. The van der Waals surface area contributed by atoms with E-state index in [0.29, 0.717) is 24.3 Å². The summed E-state index contributed by atoms with van der Waals surface area (Å²) in [5, 5.41) is 0. The van der Waals surface area contributed by atoms with Crippen molar-refractivity contribution in [3.8, 4) is 0 Å². The fourth-order valence-corrected chi connectivity index (χ4v) is 3.08. The van der Waals surface area contributed by atoms with Crippen molar-refractivity contribution in [1.29, 1.82) is 0 Å². The topological polar surface area (TPSA) is 61.4 Å². The Labute approximate surface area is 122 Å². The zero-order chi connectivity index (χ0) is 15.0. The van der Waals surface area contributed by atoms with Gasteiger partial charge in [-0.15, -0.1) is 0 Å². The highest BCUT2D eigenvalue weighted by Crippen LogP contribution is 2.28. The maximum Gasteiger partial charge on any atom is 0.419 e. The quantitative estimate of drug-likeness (QED) is 0.812. The van der Waals surface area contributed by atoms with Crippen LogP contribution in [0.25, 0.3) is 11.1 Å². The van der Waals surface area contributed by atoms with E-state index in [4.69, 9.17) is 9.15 Å². The van der Waals surface area contributed by atoms with E-state index in [0.717, 1.165) is 18.4 Å². The highest BCUT2D eigenvalue weighted by molar-refractivity contribution is 6.00. The third-order valence-electron chi connectivity index (χ3n) is 4.22. The van der Waals surface area contributed by atoms with Gasteiger partial charge >= 0.3 is 5.76 Å². The SMILES string of the molecule is CCC1OCCC1C(=O)c1ccc2c(c1)oc(=O)n2CC. The largest absolute Gasteiger partial charge is 0.419 e. The molecule has 0 amide bonds. The molecule has 21 heavy (non-hydrogen) atoms. The second-order valence-corrected chi connectivity index (χ2v) is 5.37. The summed E-state index contributed by atoms with van der Waals surface area (Å²) in [4.78, 5) is 24.3. The maximum atomic E-state index is 12.6. The molecule has 2 atom stereocenters. The van der Waals surface area contributed by atoms with Crippen LogP contribution in [0.4, 0.5) is 0 Å². The minimum atomic E-state index is -0.382. The average molecular weight is 289 g/mol. The van der Waals surface area contributed by atoms with E-state index in [1.165, 1.54) is 0 Å². The predicted octanol–water partition coefficient (Wildman–Crippen LogP) is 2.61. The van der Waals surface area contributed by atoms with Gasteiger partial charge < -0.3 is 9.15 Å². The van der Waals surface area contributed by atoms with Gasteiger partial charge in [0, 0.05) is 18.7 Å². The minimum absolute atomic E-state index is 0.000412. The van der Waals surface area contributed by atoms with Gasteiger partial charge in [-0.25, -0.2) is 4.79 Å². The molecule has 0 aliphatic carbocycles. The minimum Gasteiger partial charge on any atom is -0.408 e. The molecule has 1 aliphatic rings. The third kappa shape index (κ3) is 2.31. The van der Waals surface area contributed by atoms with Gasteiger partial charge in [-0.05, 0) is 38.0 Å². The second kappa shape index (κ2) is 5.48. The summed E-state index contributed by atoms with van der Waals surface area (Å²) >= 11 is 0. The van der Waals surface area contributed by atoms with Crippen LogP contribution in [0.1, 0.15) is 37.0 Å². The van der Waals surface area contributed by atoms with Crippen LogP contribution in [0.5, 0.6) is 0 Å². The van der Waals surface area contributed by atoms with Gasteiger partial charge in [-0.2, -0.15) is 0 Å². The Morgan fingerprint density at radius 1 is 1.38 bits per heavy atom. The molecule has 0 N–H and O–H groups in total. The van der Waals surface area contributed by atoms with Crippen LogP contribution in [0.3, 0.4) is 0 Å². The first-order valence-corrected chi connectivity index (χ1v) is 7.45. The molecule has 5 heteroatoms. The molecular formula is C16H19NO4. The molecule has 2 aromatic rings. The highest BCUT2D eigenvalue weighted by Gasteiger charge is 2.33. The zero-order valence-electron chi connectivity index (χ0n) is 12.3. The van der Waals surface area contributed by atoms with Gasteiger partial charge in [0.15, 0.2) is 11.4 Å². The van der Waals surface area contributed by atoms with E-state index in [1.54, 1.807) is 22.8 Å². The van der Waals surface area contributed by atoms with E-state index in [9.17, 15) is 9.59 Å². The normalized spacial score (nSPS) is 22.0. The fraction of sp³-hybridized carbons (Fsp3) is 0.500. The Balaban J connectivity index is 1.97. The number of carbonyl (C=O) groups is 1. The molecular weight excluding hydrogens is 270 g/mol. The van der Waals surface area contributed by atoms with Crippen molar-refractivity contribution in [2.24, 2.45) is 5.92 Å². The summed E-state index contributed by atoms with van der Waals surface area (Å²) in [6.07, 6.45) is 1.59. The number of hydrogen-bond acceptors (Lipinski definition) is 4. The third-order valence-corrected chi connectivity index (χ3v) is 4.22. The fourth-order valence-electron chi connectivity index (χ4n) is 3.08. The highest BCUT2D eigenvalue weighted by atomic mass is 16.5. The smallest absolute Gasteiger partial charge is 0.408 e. The monoisotopic (exact) mass is 289 g/mol. The molecule has 0 bridgehead atoms. The molecule has 0 radical (unpaired) electrons. The Morgan fingerprint density at radius 3 is 2.90 bits per heavy atom. The van der Waals surface area contributed by atoms with Crippen LogP contribution >= 0.6 is 0 Å². The molecule has 1 aromatic carbocycles. The van der Waals surface area contributed by atoms with Crippen molar-refractivity contribution in [3.05, 3.63) is 34.3 Å². The summed E-state index contributed by atoms with van der Waals surface area (Å²) in [6.45, 7) is 5.10. The number of Topliss-reactive ketones (excluding diaryl/α,β-unsaturated/α-hetero) is 1. The van der Waals surface area contributed by atoms with Gasteiger partial charge in [-0.3, -0.25) is 9.36 Å². The van der Waals surface area contributed by atoms with Gasteiger partial charge in [-0.1, -0.05) is 6.92 Å². The number of carbonyl (C=O) groups excluding carboxylic acids is 1.